The highest BCUT2D eigenvalue weighted by molar-refractivity contribution is 6.42. The smallest absolute Gasteiger partial charge is 0.249 e. The van der Waals surface area contributed by atoms with Gasteiger partial charge in [0, 0.05) is 11.3 Å². The summed E-state index contributed by atoms with van der Waals surface area (Å²) >= 11 is 11.9. The molecule has 0 atom stereocenters. The molecule has 9 heteroatoms. The number of carbonyl (C=O) groups excluding carboxylic acids is 2. The van der Waals surface area contributed by atoms with Gasteiger partial charge in [0.2, 0.25) is 11.8 Å². The monoisotopic (exact) mass is 473 g/mol. The summed E-state index contributed by atoms with van der Waals surface area (Å²) in [6.07, 6.45) is 0.976. The van der Waals surface area contributed by atoms with Gasteiger partial charge in [-0.25, -0.2) is 9.82 Å². The second kappa shape index (κ2) is 11.3. The van der Waals surface area contributed by atoms with Crippen molar-refractivity contribution in [2.45, 2.75) is 13.0 Å². The Hall–Kier alpha value is -3.42. The fraction of sp³-hybridized carbons (Fsp3) is 0.0870. The molecule has 0 radical (unpaired) electrons. The van der Waals surface area contributed by atoms with Crippen molar-refractivity contribution in [1.29, 1.82) is 0 Å². The number of nitrogens with one attached hydrogen (secondary N) is 2. The van der Waals surface area contributed by atoms with Crippen LogP contribution >= 0.6 is 23.2 Å². The van der Waals surface area contributed by atoms with Crippen LogP contribution in [0.1, 0.15) is 17.5 Å². The lowest BCUT2D eigenvalue weighted by molar-refractivity contribution is -0.126. The number of hydrogen-bond donors (Lipinski definition) is 2. The van der Waals surface area contributed by atoms with Crippen LogP contribution in [0.4, 0.5) is 10.1 Å². The summed E-state index contributed by atoms with van der Waals surface area (Å²) in [5.41, 5.74) is 4.15. The molecule has 3 aromatic rings. The molecule has 0 heterocycles. The maximum absolute atomic E-state index is 12.9. The van der Waals surface area contributed by atoms with Crippen molar-refractivity contribution in [3.8, 4) is 5.75 Å². The first-order chi connectivity index (χ1) is 15.4. The van der Waals surface area contributed by atoms with E-state index in [0.29, 0.717) is 27.0 Å². The Morgan fingerprint density at radius 3 is 2.47 bits per heavy atom. The van der Waals surface area contributed by atoms with Gasteiger partial charge in [-0.15, -0.1) is 0 Å². The lowest BCUT2D eigenvalue weighted by atomic mass is 10.2. The number of hydrogen-bond acceptors (Lipinski definition) is 4. The van der Waals surface area contributed by atoms with Crippen LogP contribution < -0.4 is 15.5 Å². The van der Waals surface area contributed by atoms with Gasteiger partial charge in [-0.2, -0.15) is 5.10 Å². The molecule has 0 aliphatic heterocycles. The van der Waals surface area contributed by atoms with E-state index in [4.69, 9.17) is 27.9 Å². The first kappa shape index (κ1) is 23.2. The number of hydrazone groups is 1. The molecule has 0 aromatic heterocycles. The highest BCUT2D eigenvalue weighted by Crippen LogP contribution is 2.24. The van der Waals surface area contributed by atoms with Crippen molar-refractivity contribution >= 4 is 46.9 Å². The summed E-state index contributed by atoms with van der Waals surface area (Å²) in [6, 6.07) is 17.6. The highest BCUT2D eigenvalue weighted by atomic mass is 35.5. The largest absolute Gasteiger partial charge is 0.488 e. The molecule has 2 amide bonds. The average Bonchev–Trinajstić information content (AvgIpc) is 2.77. The summed E-state index contributed by atoms with van der Waals surface area (Å²) < 4.78 is 18.7. The zero-order valence-corrected chi connectivity index (χ0v) is 18.2. The number of ether oxygens (including phenoxy) is 1. The Morgan fingerprint density at radius 2 is 1.72 bits per heavy atom. The Kier molecular flexibility index (Phi) is 8.19. The summed E-state index contributed by atoms with van der Waals surface area (Å²) in [4.78, 5) is 23.8. The van der Waals surface area contributed by atoms with Gasteiger partial charge in [-0.1, -0.05) is 41.4 Å². The van der Waals surface area contributed by atoms with E-state index in [1.807, 2.05) is 6.07 Å². The van der Waals surface area contributed by atoms with Crippen LogP contribution in [0.25, 0.3) is 0 Å². The molecule has 0 saturated carbocycles. The fourth-order valence-corrected chi connectivity index (χ4v) is 2.93. The Labute approximate surface area is 194 Å². The molecular weight excluding hydrogens is 456 g/mol. The minimum Gasteiger partial charge on any atom is -0.488 e. The van der Waals surface area contributed by atoms with Gasteiger partial charge < -0.3 is 10.1 Å². The summed E-state index contributed by atoms with van der Waals surface area (Å²) in [5.74, 6) is -1.02. The molecule has 6 nitrogen and oxygen atoms in total. The number of benzene rings is 3. The van der Waals surface area contributed by atoms with Gasteiger partial charge in [-0.05, 0) is 54.1 Å². The van der Waals surface area contributed by atoms with Crippen LogP contribution in [-0.2, 0) is 16.2 Å². The number of amides is 2. The predicted octanol–water partition coefficient (Wildman–Crippen LogP) is 5.19. The first-order valence-electron chi connectivity index (χ1n) is 9.44. The molecule has 0 bridgehead atoms. The molecule has 0 aliphatic rings. The number of anilines is 1. The van der Waals surface area contributed by atoms with Crippen molar-refractivity contribution in [2.75, 3.05) is 5.32 Å². The van der Waals surface area contributed by atoms with Gasteiger partial charge in [0.05, 0.1) is 16.3 Å². The standard InChI is InChI=1S/C23H18Cl2FN3O3/c24-19-10-5-15(11-20(19)25)14-32-21-4-2-1-3-16(21)13-27-29-23(31)12-22(30)28-18-8-6-17(26)7-9-18/h1-11,13H,12,14H2,(H,28,30)(H,29,31). The van der Waals surface area contributed by atoms with Crippen LogP contribution in [0.15, 0.2) is 71.8 Å². The normalized spacial score (nSPS) is 10.7. The average molecular weight is 474 g/mol. The third-order valence-corrected chi connectivity index (χ3v) is 4.88. The van der Waals surface area contributed by atoms with E-state index in [-0.39, 0.29) is 6.61 Å². The topological polar surface area (TPSA) is 79.8 Å². The van der Waals surface area contributed by atoms with Gasteiger partial charge in [0.15, 0.2) is 0 Å². The predicted molar refractivity (Wildman–Crippen MR) is 123 cm³/mol. The van der Waals surface area contributed by atoms with Gasteiger partial charge in [0.1, 0.15) is 24.6 Å². The number of nitrogens with zero attached hydrogens (tertiary/aromatic N) is 1. The molecule has 164 valence electrons. The Balaban J connectivity index is 1.52. The van der Waals surface area contributed by atoms with E-state index in [2.05, 4.69) is 15.8 Å². The number of halogens is 3. The molecule has 0 saturated heterocycles. The summed E-state index contributed by atoms with van der Waals surface area (Å²) in [6.45, 7) is 0.262. The molecule has 0 spiro atoms. The number of carbonyl (C=O) groups is 2. The van der Waals surface area contributed by atoms with E-state index in [1.54, 1.807) is 36.4 Å². The van der Waals surface area contributed by atoms with Crippen LogP contribution in [0.5, 0.6) is 5.75 Å². The van der Waals surface area contributed by atoms with Crippen LogP contribution in [0.2, 0.25) is 10.0 Å². The van der Waals surface area contributed by atoms with Crippen molar-refractivity contribution in [1.82, 2.24) is 5.43 Å². The molecule has 3 rings (SSSR count). The van der Waals surface area contributed by atoms with Crippen molar-refractivity contribution in [2.24, 2.45) is 5.10 Å². The maximum Gasteiger partial charge on any atom is 0.249 e. The molecule has 0 unspecified atom stereocenters. The third kappa shape index (κ3) is 7.08. The number of rotatable bonds is 8. The summed E-state index contributed by atoms with van der Waals surface area (Å²) in [7, 11) is 0. The Morgan fingerprint density at radius 1 is 0.969 bits per heavy atom. The van der Waals surface area contributed by atoms with E-state index in [9.17, 15) is 14.0 Å². The van der Waals surface area contributed by atoms with Crippen LogP contribution in [-0.4, -0.2) is 18.0 Å². The van der Waals surface area contributed by atoms with Crippen LogP contribution in [0.3, 0.4) is 0 Å². The van der Waals surface area contributed by atoms with Gasteiger partial charge >= 0.3 is 0 Å². The second-order valence-corrected chi connectivity index (χ2v) is 7.41. The zero-order valence-electron chi connectivity index (χ0n) is 16.6. The first-order valence-corrected chi connectivity index (χ1v) is 10.2. The SMILES string of the molecule is O=C(CC(=O)Nc1ccc(F)cc1)NN=Cc1ccccc1OCc1ccc(Cl)c(Cl)c1. The minimum absolute atomic E-state index is 0.262. The van der Waals surface area contributed by atoms with Crippen LogP contribution in [0, 0.1) is 5.82 Å². The van der Waals surface area contributed by atoms with Crippen molar-refractivity contribution < 1.29 is 18.7 Å². The van der Waals surface area contributed by atoms with Gasteiger partial charge in [-0.3, -0.25) is 9.59 Å². The number of para-hydroxylation sites is 1. The molecule has 2 N–H and O–H groups in total. The van der Waals surface area contributed by atoms with Crippen molar-refractivity contribution in [3.05, 3.63) is 93.7 Å². The highest BCUT2D eigenvalue weighted by Gasteiger charge is 2.09. The van der Waals surface area contributed by atoms with E-state index < -0.39 is 24.1 Å². The second-order valence-electron chi connectivity index (χ2n) is 6.60. The maximum atomic E-state index is 12.9. The Bertz CT molecular complexity index is 1140. The molecular formula is C23H18Cl2FN3O3. The molecule has 32 heavy (non-hydrogen) atoms. The van der Waals surface area contributed by atoms with E-state index in [0.717, 1.165) is 5.56 Å². The zero-order chi connectivity index (χ0) is 22.9. The van der Waals surface area contributed by atoms with Gasteiger partial charge in [0.25, 0.3) is 0 Å². The summed E-state index contributed by atoms with van der Waals surface area (Å²) in [5, 5.41) is 7.28. The molecule has 0 aliphatic carbocycles. The quantitative estimate of drug-likeness (QED) is 0.268. The molecule has 0 fully saturated rings. The molecule has 3 aromatic carbocycles. The minimum atomic E-state index is -0.602. The fourth-order valence-electron chi connectivity index (χ4n) is 2.61. The lowest BCUT2D eigenvalue weighted by Crippen LogP contribution is -2.24. The van der Waals surface area contributed by atoms with E-state index >= 15 is 0 Å². The lowest BCUT2D eigenvalue weighted by Gasteiger charge is -2.09. The third-order valence-electron chi connectivity index (χ3n) is 4.14. The van der Waals surface area contributed by atoms with Crippen molar-refractivity contribution in [3.63, 3.8) is 0 Å². The van der Waals surface area contributed by atoms with E-state index in [1.165, 1.54) is 30.5 Å².